The first-order valence-electron chi connectivity index (χ1n) is 6.85. The SMILES string of the molecule is CC(C)C(C)n1c(SCC(=O)O)nnc1-c1ccccc1. The first kappa shape index (κ1) is 15.6. The Labute approximate surface area is 128 Å². The van der Waals surface area contributed by atoms with Gasteiger partial charge in [0.2, 0.25) is 0 Å². The maximum atomic E-state index is 10.8. The van der Waals surface area contributed by atoms with Crippen LogP contribution in [0.3, 0.4) is 0 Å². The molecule has 0 aliphatic heterocycles. The van der Waals surface area contributed by atoms with E-state index in [1.807, 2.05) is 34.9 Å². The molecule has 1 unspecified atom stereocenters. The molecule has 5 nitrogen and oxygen atoms in total. The molecule has 0 aliphatic rings. The van der Waals surface area contributed by atoms with Crippen LogP contribution >= 0.6 is 11.8 Å². The molecule has 2 rings (SSSR count). The minimum atomic E-state index is -0.854. The van der Waals surface area contributed by atoms with E-state index in [9.17, 15) is 4.79 Å². The van der Waals surface area contributed by atoms with Crippen molar-refractivity contribution in [3.8, 4) is 11.4 Å². The van der Waals surface area contributed by atoms with E-state index in [2.05, 4.69) is 31.0 Å². The van der Waals surface area contributed by atoms with Crippen molar-refractivity contribution in [2.45, 2.75) is 32.0 Å². The molecular formula is C15H19N3O2S. The van der Waals surface area contributed by atoms with Crippen molar-refractivity contribution in [1.29, 1.82) is 0 Å². The van der Waals surface area contributed by atoms with Crippen LogP contribution in [0.4, 0.5) is 0 Å². The summed E-state index contributed by atoms with van der Waals surface area (Å²) in [6, 6.07) is 10.0. The number of aliphatic carboxylic acids is 1. The number of carbonyl (C=O) groups is 1. The smallest absolute Gasteiger partial charge is 0.313 e. The highest BCUT2D eigenvalue weighted by atomic mass is 32.2. The lowest BCUT2D eigenvalue weighted by molar-refractivity contribution is -0.133. The van der Waals surface area contributed by atoms with Gasteiger partial charge >= 0.3 is 5.97 Å². The van der Waals surface area contributed by atoms with Crippen molar-refractivity contribution >= 4 is 17.7 Å². The van der Waals surface area contributed by atoms with E-state index in [0.29, 0.717) is 11.1 Å². The first-order valence-corrected chi connectivity index (χ1v) is 7.84. The number of aromatic nitrogens is 3. The number of thioether (sulfide) groups is 1. The molecule has 0 aliphatic carbocycles. The van der Waals surface area contributed by atoms with E-state index < -0.39 is 5.97 Å². The lowest BCUT2D eigenvalue weighted by Crippen LogP contribution is -2.14. The van der Waals surface area contributed by atoms with Gasteiger partial charge in [0, 0.05) is 11.6 Å². The minimum absolute atomic E-state index is 0.0161. The van der Waals surface area contributed by atoms with Gasteiger partial charge in [0.25, 0.3) is 0 Å². The van der Waals surface area contributed by atoms with Crippen LogP contribution in [-0.4, -0.2) is 31.6 Å². The predicted molar refractivity (Wildman–Crippen MR) is 83.4 cm³/mol. The van der Waals surface area contributed by atoms with Crippen molar-refractivity contribution < 1.29 is 9.90 Å². The maximum absolute atomic E-state index is 10.8. The second-order valence-electron chi connectivity index (χ2n) is 5.21. The molecule has 0 bridgehead atoms. The van der Waals surface area contributed by atoms with Gasteiger partial charge in [0.15, 0.2) is 11.0 Å². The van der Waals surface area contributed by atoms with Crippen molar-refractivity contribution in [1.82, 2.24) is 14.8 Å². The van der Waals surface area contributed by atoms with Gasteiger partial charge < -0.3 is 5.11 Å². The van der Waals surface area contributed by atoms with Crippen LogP contribution in [0.2, 0.25) is 0 Å². The lowest BCUT2D eigenvalue weighted by atomic mass is 10.1. The fraction of sp³-hybridized carbons (Fsp3) is 0.400. The van der Waals surface area contributed by atoms with Gasteiger partial charge in [-0.2, -0.15) is 0 Å². The number of carboxylic acid groups (broad SMARTS) is 1. The Morgan fingerprint density at radius 3 is 2.48 bits per heavy atom. The Morgan fingerprint density at radius 2 is 1.90 bits per heavy atom. The van der Waals surface area contributed by atoms with Gasteiger partial charge in [-0.25, -0.2) is 0 Å². The average Bonchev–Trinajstić information content (AvgIpc) is 2.88. The predicted octanol–water partition coefficient (Wildman–Crippen LogP) is 3.34. The highest BCUT2D eigenvalue weighted by Gasteiger charge is 2.21. The number of rotatable bonds is 6. The molecule has 0 saturated carbocycles. The third-order valence-corrected chi connectivity index (χ3v) is 4.32. The van der Waals surface area contributed by atoms with Crippen molar-refractivity contribution in [2.24, 2.45) is 5.92 Å². The first-order chi connectivity index (χ1) is 10.0. The quantitative estimate of drug-likeness (QED) is 0.829. The lowest BCUT2D eigenvalue weighted by Gasteiger charge is -2.21. The summed E-state index contributed by atoms with van der Waals surface area (Å²) in [5, 5.41) is 18.0. The van der Waals surface area contributed by atoms with Gasteiger partial charge in [-0.05, 0) is 12.8 Å². The second kappa shape index (κ2) is 6.76. The van der Waals surface area contributed by atoms with Gasteiger partial charge in [-0.1, -0.05) is 55.9 Å². The Hall–Kier alpha value is -1.82. The van der Waals surface area contributed by atoms with E-state index in [-0.39, 0.29) is 11.8 Å². The molecule has 21 heavy (non-hydrogen) atoms. The standard InChI is InChI=1S/C15H19N3O2S/c1-10(2)11(3)18-14(12-7-5-4-6-8-12)16-17-15(18)21-9-13(19)20/h4-8,10-11H,9H2,1-3H3,(H,19,20). The summed E-state index contributed by atoms with van der Waals surface area (Å²) in [5.74, 6) is 0.308. The normalized spacial score (nSPS) is 12.6. The molecule has 1 heterocycles. The summed E-state index contributed by atoms with van der Waals surface area (Å²) < 4.78 is 2.04. The Balaban J connectivity index is 2.43. The van der Waals surface area contributed by atoms with Crippen LogP contribution in [-0.2, 0) is 4.79 Å². The molecule has 1 atom stereocenters. The highest BCUT2D eigenvalue weighted by molar-refractivity contribution is 7.99. The molecule has 0 amide bonds. The van der Waals surface area contributed by atoms with Crippen molar-refractivity contribution in [3.63, 3.8) is 0 Å². The minimum Gasteiger partial charge on any atom is -0.481 e. The van der Waals surface area contributed by atoms with E-state index in [0.717, 1.165) is 11.4 Å². The molecule has 1 aromatic heterocycles. The molecule has 0 radical (unpaired) electrons. The number of carboxylic acids is 1. The number of benzene rings is 1. The summed E-state index contributed by atoms with van der Waals surface area (Å²) in [4.78, 5) is 10.8. The van der Waals surface area contributed by atoms with E-state index in [4.69, 9.17) is 5.11 Å². The van der Waals surface area contributed by atoms with Crippen LogP contribution in [0.25, 0.3) is 11.4 Å². The Kier molecular flexibility index (Phi) is 5.01. The average molecular weight is 305 g/mol. The van der Waals surface area contributed by atoms with Crippen LogP contribution in [0.1, 0.15) is 26.8 Å². The Morgan fingerprint density at radius 1 is 1.24 bits per heavy atom. The van der Waals surface area contributed by atoms with E-state index in [1.165, 1.54) is 11.8 Å². The topological polar surface area (TPSA) is 68.0 Å². The van der Waals surface area contributed by atoms with Gasteiger partial charge in [0.05, 0.1) is 5.75 Å². The summed E-state index contributed by atoms with van der Waals surface area (Å²) in [6.45, 7) is 6.36. The summed E-state index contributed by atoms with van der Waals surface area (Å²) in [7, 11) is 0. The number of nitrogens with zero attached hydrogens (tertiary/aromatic N) is 3. The van der Waals surface area contributed by atoms with Crippen LogP contribution in [0.15, 0.2) is 35.5 Å². The molecule has 2 aromatic rings. The third kappa shape index (κ3) is 3.64. The fourth-order valence-corrected chi connectivity index (χ4v) is 2.69. The zero-order valence-corrected chi connectivity index (χ0v) is 13.2. The second-order valence-corrected chi connectivity index (χ2v) is 6.15. The molecule has 1 N–H and O–H groups in total. The number of hydrogen-bond acceptors (Lipinski definition) is 4. The Bertz CT molecular complexity index is 611. The molecule has 6 heteroatoms. The summed E-state index contributed by atoms with van der Waals surface area (Å²) in [5.41, 5.74) is 0.986. The zero-order valence-electron chi connectivity index (χ0n) is 12.4. The summed E-state index contributed by atoms with van der Waals surface area (Å²) >= 11 is 1.21. The fourth-order valence-electron chi connectivity index (χ4n) is 1.95. The molecular weight excluding hydrogens is 286 g/mol. The number of hydrogen-bond donors (Lipinski definition) is 1. The largest absolute Gasteiger partial charge is 0.481 e. The molecule has 1 aromatic carbocycles. The van der Waals surface area contributed by atoms with Gasteiger partial charge in [-0.3, -0.25) is 9.36 Å². The molecule has 0 spiro atoms. The molecule has 112 valence electrons. The molecule has 0 saturated heterocycles. The summed E-state index contributed by atoms with van der Waals surface area (Å²) in [6.07, 6.45) is 0. The van der Waals surface area contributed by atoms with Crippen LogP contribution in [0.5, 0.6) is 0 Å². The monoisotopic (exact) mass is 305 g/mol. The van der Waals surface area contributed by atoms with Crippen molar-refractivity contribution in [3.05, 3.63) is 30.3 Å². The molecule has 0 fully saturated rings. The van der Waals surface area contributed by atoms with Crippen molar-refractivity contribution in [2.75, 3.05) is 5.75 Å². The van der Waals surface area contributed by atoms with Gasteiger partial charge in [-0.15, -0.1) is 10.2 Å². The van der Waals surface area contributed by atoms with Crippen LogP contribution < -0.4 is 0 Å². The zero-order chi connectivity index (χ0) is 15.4. The van der Waals surface area contributed by atoms with Gasteiger partial charge in [0.1, 0.15) is 0 Å². The highest BCUT2D eigenvalue weighted by Crippen LogP contribution is 2.30. The van der Waals surface area contributed by atoms with E-state index in [1.54, 1.807) is 0 Å². The van der Waals surface area contributed by atoms with Crippen LogP contribution in [0, 0.1) is 5.92 Å². The van der Waals surface area contributed by atoms with E-state index >= 15 is 0 Å². The third-order valence-electron chi connectivity index (χ3n) is 3.39. The maximum Gasteiger partial charge on any atom is 0.313 e.